The summed E-state index contributed by atoms with van der Waals surface area (Å²) < 4.78 is 13.3. The zero-order valence-corrected chi connectivity index (χ0v) is 15.2. The smallest absolute Gasteiger partial charge is 0.251 e. The molecule has 0 unspecified atom stereocenters. The second-order valence-corrected chi connectivity index (χ2v) is 5.84. The van der Waals surface area contributed by atoms with Crippen molar-refractivity contribution in [3.63, 3.8) is 0 Å². The summed E-state index contributed by atoms with van der Waals surface area (Å²) in [6.07, 6.45) is 0. The summed E-state index contributed by atoms with van der Waals surface area (Å²) in [5.41, 5.74) is 1.50. The van der Waals surface area contributed by atoms with Crippen molar-refractivity contribution in [1.82, 2.24) is 15.5 Å². The molecule has 2 aromatic carbocycles. The van der Waals surface area contributed by atoms with Gasteiger partial charge in [0.15, 0.2) is 5.96 Å². The molecule has 0 heterocycles. The lowest BCUT2D eigenvalue weighted by Crippen LogP contribution is -2.39. The largest absolute Gasteiger partial charge is 0.357 e. The molecule has 26 heavy (non-hydrogen) atoms. The average Bonchev–Trinajstić information content (AvgIpc) is 2.64. The number of hydrogen-bond donors (Lipinski definition) is 2. The number of rotatable bonds is 7. The maximum Gasteiger partial charge on any atom is 0.251 e. The fraction of sp³-hybridized carbons (Fsp3) is 0.300. The van der Waals surface area contributed by atoms with Gasteiger partial charge >= 0.3 is 0 Å². The van der Waals surface area contributed by atoms with Crippen LogP contribution >= 0.6 is 0 Å². The van der Waals surface area contributed by atoms with Crippen LogP contribution in [0.25, 0.3) is 0 Å². The van der Waals surface area contributed by atoms with Gasteiger partial charge in [0.1, 0.15) is 5.82 Å². The van der Waals surface area contributed by atoms with Gasteiger partial charge in [0.2, 0.25) is 0 Å². The highest BCUT2D eigenvalue weighted by molar-refractivity contribution is 5.94. The molecule has 0 radical (unpaired) electrons. The molecule has 0 aliphatic carbocycles. The SMILES string of the molecule is CCNC(=NCCNC(=O)c1ccccc1)N(C)Cc1cccc(F)c1. The van der Waals surface area contributed by atoms with E-state index in [0.717, 1.165) is 12.1 Å². The van der Waals surface area contributed by atoms with Crippen molar-refractivity contribution < 1.29 is 9.18 Å². The van der Waals surface area contributed by atoms with Crippen LogP contribution in [0.5, 0.6) is 0 Å². The Morgan fingerprint density at radius 2 is 1.88 bits per heavy atom. The highest BCUT2D eigenvalue weighted by Gasteiger charge is 2.07. The van der Waals surface area contributed by atoms with Crippen LogP contribution in [0.15, 0.2) is 59.6 Å². The van der Waals surface area contributed by atoms with E-state index in [0.29, 0.717) is 31.2 Å². The molecular weight excluding hydrogens is 331 g/mol. The third kappa shape index (κ3) is 6.20. The Hall–Kier alpha value is -2.89. The highest BCUT2D eigenvalue weighted by Crippen LogP contribution is 2.06. The first kappa shape index (κ1) is 19.4. The Bertz CT molecular complexity index is 734. The Labute approximate surface area is 153 Å². The number of carbonyl (C=O) groups is 1. The predicted molar refractivity (Wildman–Crippen MR) is 103 cm³/mol. The molecule has 0 atom stereocenters. The lowest BCUT2D eigenvalue weighted by molar-refractivity contribution is 0.0955. The Morgan fingerprint density at radius 3 is 2.58 bits per heavy atom. The van der Waals surface area contributed by atoms with E-state index in [4.69, 9.17) is 0 Å². The van der Waals surface area contributed by atoms with Crippen molar-refractivity contribution in [1.29, 1.82) is 0 Å². The molecule has 2 aromatic rings. The third-order valence-corrected chi connectivity index (χ3v) is 3.70. The van der Waals surface area contributed by atoms with Gasteiger partial charge in [-0.15, -0.1) is 0 Å². The van der Waals surface area contributed by atoms with Crippen LogP contribution in [0.2, 0.25) is 0 Å². The van der Waals surface area contributed by atoms with E-state index < -0.39 is 0 Å². The van der Waals surface area contributed by atoms with E-state index in [9.17, 15) is 9.18 Å². The molecule has 0 saturated carbocycles. The van der Waals surface area contributed by atoms with Gasteiger partial charge in [0, 0.05) is 32.2 Å². The zero-order valence-electron chi connectivity index (χ0n) is 15.2. The van der Waals surface area contributed by atoms with Gasteiger partial charge in [-0.2, -0.15) is 0 Å². The molecule has 0 aromatic heterocycles. The molecule has 1 amide bonds. The number of aliphatic imine (C=N–C) groups is 1. The fourth-order valence-electron chi connectivity index (χ4n) is 2.48. The summed E-state index contributed by atoms with van der Waals surface area (Å²) in [6.45, 7) is 4.15. The topological polar surface area (TPSA) is 56.7 Å². The molecule has 6 heteroatoms. The second kappa shape index (κ2) is 10.2. The van der Waals surface area contributed by atoms with Crippen LogP contribution in [0.4, 0.5) is 4.39 Å². The molecule has 0 fully saturated rings. The van der Waals surface area contributed by atoms with Gasteiger partial charge in [-0.25, -0.2) is 4.39 Å². The number of benzene rings is 2. The van der Waals surface area contributed by atoms with Crippen LogP contribution in [-0.4, -0.2) is 43.4 Å². The van der Waals surface area contributed by atoms with E-state index in [1.165, 1.54) is 12.1 Å². The maximum atomic E-state index is 13.3. The van der Waals surface area contributed by atoms with Gasteiger partial charge in [0.05, 0.1) is 6.54 Å². The number of halogens is 1. The van der Waals surface area contributed by atoms with Gasteiger partial charge in [-0.3, -0.25) is 9.79 Å². The molecule has 0 bridgehead atoms. The molecule has 2 rings (SSSR count). The molecule has 0 aliphatic rings. The predicted octanol–water partition coefficient (Wildman–Crippen LogP) is 2.65. The van der Waals surface area contributed by atoms with Crippen molar-refractivity contribution in [2.24, 2.45) is 4.99 Å². The second-order valence-electron chi connectivity index (χ2n) is 5.84. The first-order chi connectivity index (χ1) is 12.6. The fourth-order valence-corrected chi connectivity index (χ4v) is 2.48. The Morgan fingerprint density at radius 1 is 1.12 bits per heavy atom. The summed E-state index contributed by atoms with van der Waals surface area (Å²) in [6, 6.07) is 15.6. The maximum absolute atomic E-state index is 13.3. The summed E-state index contributed by atoms with van der Waals surface area (Å²) in [4.78, 5) is 18.4. The number of nitrogens with one attached hydrogen (secondary N) is 2. The van der Waals surface area contributed by atoms with Crippen LogP contribution in [-0.2, 0) is 6.54 Å². The van der Waals surface area contributed by atoms with Gasteiger partial charge in [-0.05, 0) is 36.8 Å². The minimum absolute atomic E-state index is 0.112. The number of hydrogen-bond acceptors (Lipinski definition) is 2. The Balaban J connectivity index is 1.88. The molecular formula is C20H25FN4O. The van der Waals surface area contributed by atoms with Gasteiger partial charge in [0.25, 0.3) is 5.91 Å². The highest BCUT2D eigenvalue weighted by atomic mass is 19.1. The van der Waals surface area contributed by atoms with E-state index in [1.807, 2.05) is 43.1 Å². The van der Waals surface area contributed by atoms with E-state index in [-0.39, 0.29) is 11.7 Å². The van der Waals surface area contributed by atoms with Crippen molar-refractivity contribution >= 4 is 11.9 Å². The normalized spacial score (nSPS) is 11.1. The number of amides is 1. The molecule has 2 N–H and O–H groups in total. The summed E-state index contributed by atoms with van der Waals surface area (Å²) in [7, 11) is 1.90. The molecule has 0 spiro atoms. The minimum Gasteiger partial charge on any atom is -0.357 e. The number of guanidine groups is 1. The monoisotopic (exact) mass is 356 g/mol. The molecule has 0 aliphatic heterocycles. The third-order valence-electron chi connectivity index (χ3n) is 3.70. The standard InChI is InChI=1S/C20H25FN4O/c1-3-22-20(25(2)15-16-8-7-11-18(21)14-16)24-13-12-23-19(26)17-9-5-4-6-10-17/h4-11,14H,3,12-13,15H2,1-2H3,(H,22,24)(H,23,26). The van der Waals surface area contributed by atoms with Crippen molar-refractivity contribution in [3.05, 3.63) is 71.5 Å². The van der Waals surface area contributed by atoms with E-state index >= 15 is 0 Å². The van der Waals surface area contributed by atoms with Crippen molar-refractivity contribution in [3.8, 4) is 0 Å². The van der Waals surface area contributed by atoms with Gasteiger partial charge < -0.3 is 15.5 Å². The van der Waals surface area contributed by atoms with Crippen LogP contribution in [0, 0.1) is 5.82 Å². The summed E-state index contributed by atoms with van der Waals surface area (Å²) >= 11 is 0. The lowest BCUT2D eigenvalue weighted by Gasteiger charge is -2.22. The first-order valence-corrected chi connectivity index (χ1v) is 8.67. The van der Waals surface area contributed by atoms with E-state index in [1.54, 1.807) is 18.2 Å². The van der Waals surface area contributed by atoms with Crippen molar-refractivity contribution in [2.75, 3.05) is 26.7 Å². The Kier molecular flexibility index (Phi) is 7.61. The van der Waals surface area contributed by atoms with Crippen LogP contribution in [0.3, 0.4) is 0 Å². The quantitative estimate of drug-likeness (QED) is 0.456. The molecule has 5 nitrogen and oxygen atoms in total. The number of nitrogens with zero attached hydrogens (tertiary/aromatic N) is 2. The van der Waals surface area contributed by atoms with Crippen LogP contribution in [0.1, 0.15) is 22.8 Å². The minimum atomic E-state index is -0.249. The summed E-state index contributed by atoms with van der Waals surface area (Å²) in [5, 5.41) is 6.06. The first-order valence-electron chi connectivity index (χ1n) is 8.67. The van der Waals surface area contributed by atoms with E-state index in [2.05, 4.69) is 15.6 Å². The zero-order chi connectivity index (χ0) is 18.8. The molecule has 0 saturated heterocycles. The molecule has 138 valence electrons. The van der Waals surface area contributed by atoms with Crippen molar-refractivity contribution in [2.45, 2.75) is 13.5 Å². The lowest BCUT2D eigenvalue weighted by atomic mass is 10.2. The average molecular weight is 356 g/mol. The summed E-state index contributed by atoms with van der Waals surface area (Å²) in [5.74, 6) is 0.353. The number of carbonyl (C=O) groups excluding carboxylic acids is 1. The van der Waals surface area contributed by atoms with Crippen LogP contribution < -0.4 is 10.6 Å². The van der Waals surface area contributed by atoms with Gasteiger partial charge in [-0.1, -0.05) is 30.3 Å².